The number of carbonyl (C=O) groups is 2. The monoisotopic (exact) mass is 436 g/mol. The number of rotatable bonds is 9. The summed E-state index contributed by atoms with van der Waals surface area (Å²) in [5, 5.41) is 19.7. The zero-order chi connectivity index (χ0) is 22.8. The Kier molecular flexibility index (Phi) is 8.92. The zero-order valence-corrected chi connectivity index (χ0v) is 16.5. The number of hydrogen-bond acceptors (Lipinski definition) is 6. The van der Waals surface area contributed by atoms with Crippen LogP contribution in [0.1, 0.15) is 18.6 Å². The number of anilines is 1. The van der Waals surface area contributed by atoms with Crippen LogP contribution in [0.2, 0.25) is 0 Å². The van der Waals surface area contributed by atoms with Gasteiger partial charge in [0.2, 0.25) is 0 Å². The minimum atomic E-state index is -0.997. The molecule has 0 aromatic heterocycles. The van der Waals surface area contributed by atoms with Crippen molar-refractivity contribution < 1.29 is 38.2 Å². The summed E-state index contributed by atoms with van der Waals surface area (Å²) in [5.41, 5.74) is 1.73. The highest BCUT2D eigenvalue weighted by molar-refractivity contribution is 5.86. The van der Waals surface area contributed by atoms with Crippen molar-refractivity contribution in [1.29, 1.82) is 0 Å². The van der Waals surface area contributed by atoms with Crippen LogP contribution in [-0.4, -0.2) is 35.5 Å². The highest BCUT2D eigenvalue weighted by Gasteiger charge is 2.23. The topological polar surface area (TPSA) is 117 Å². The van der Waals surface area contributed by atoms with E-state index in [-0.39, 0.29) is 18.9 Å². The summed E-state index contributed by atoms with van der Waals surface area (Å²) in [5.74, 6) is -2.58. The van der Waals surface area contributed by atoms with Gasteiger partial charge in [0.05, 0.1) is 12.3 Å². The second-order valence-electron chi connectivity index (χ2n) is 6.41. The molecule has 4 N–H and O–H groups in total. The first-order valence-corrected chi connectivity index (χ1v) is 9.22. The lowest BCUT2D eigenvalue weighted by atomic mass is 9.96. The van der Waals surface area contributed by atoms with Gasteiger partial charge in [-0.3, -0.25) is 15.3 Å². The quantitative estimate of drug-likeness (QED) is 0.272. The van der Waals surface area contributed by atoms with Crippen LogP contribution in [0.5, 0.6) is 5.75 Å². The Bertz CT molecular complexity index is 921. The predicted octanol–water partition coefficient (Wildman–Crippen LogP) is 3.32. The molecule has 0 aliphatic rings. The van der Waals surface area contributed by atoms with E-state index < -0.39 is 35.7 Å². The van der Waals surface area contributed by atoms with Crippen LogP contribution in [0.4, 0.5) is 19.3 Å². The Balaban J connectivity index is 2.20. The molecule has 8 nitrogen and oxygen atoms in total. The van der Waals surface area contributed by atoms with Gasteiger partial charge >= 0.3 is 6.09 Å². The van der Waals surface area contributed by atoms with Gasteiger partial charge in [-0.2, -0.15) is 0 Å². The smallest absolute Gasteiger partial charge is 0.412 e. The standard InChI is InChI=1S/C21H22F2N2O6/c1-13(2-9-19(27)25-29)20(14-3-6-16(7-4-14)30-11-10-26)31-21(28)24-18-8-5-15(22)12-17(18)23/h2-9,12-13,20,26,29H,10-11H2,1H3,(H,24,28)(H,25,27)/b9-2+/t13-,20-/m1/s1. The van der Waals surface area contributed by atoms with Crippen LogP contribution in [-0.2, 0) is 9.53 Å². The molecule has 2 amide bonds. The van der Waals surface area contributed by atoms with Crippen LogP contribution >= 0.6 is 0 Å². The van der Waals surface area contributed by atoms with Crippen molar-refractivity contribution in [3.8, 4) is 5.75 Å². The van der Waals surface area contributed by atoms with Gasteiger partial charge in [-0.05, 0) is 29.8 Å². The SMILES string of the molecule is C[C@H](/C=C/C(=O)NO)[C@@H](OC(=O)Nc1ccc(F)cc1F)c1ccc(OCCO)cc1. The number of carbonyl (C=O) groups excluding carboxylic acids is 2. The van der Waals surface area contributed by atoms with E-state index >= 15 is 0 Å². The van der Waals surface area contributed by atoms with E-state index in [9.17, 15) is 18.4 Å². The molecular formula is C21H22F2N2O6. The van der Waals surface area contributed by atoms with Crippen LogP contribution < -0.4 is 15.5 Å². The van der Waals surface area contributed by atoms with Gasteiger partial charge in [0.1, 0.15) is 30.1 Å². The van der Waals surface area contributed by atoms with E-state index in [0.29, 0.717) is 17.4 Å². The summed E-state index contributed by atoms with van der Waals surface area (Å²) in [6, 6.07) is 9.13. The van der Waals surface area contributed by atoms with Gasteiger partial charge < -0.3 is 14.6 Å². The third-order valence-corrected chi connectivity index (χ3v) is 4.11. The van der Waals surface area contributed by atoms with Gasteiger partial charge in [-0.1, -0.05) is 25.1 Å². The average molecular weight is 436 g/mol. The number of halogens is 2. The minimum Gasteiger partial charge on any atom is -0.491 e. The molecule has 2 aromatic rings. The second-order valence-corrected chi connectivity index (χ2v) is 6.41. The van der Waals surface area contributed by atoms with Crippen molar-refractivity contribution in [2.45, 2.75) is 13.0 Å². The second kappa shape index (κ2) is 11.6. The van der Waals surface area contributed by atoms with E-state index in [2.05, 4.69) is 5.32 Å². The van der Waals surface area contributed by atoms with Gasteiger partial charge in [-0.25, -0.2) is 19.1 Å². The third-order valence-electron chi connectivity index (χ3n) is 4.11. The number of benzene rings is 2. The van der Waals surface area contributed by atoms with Gasteiger partial charge in [0.25, 0.3) is 5.91 Å². The number of hydroxylamine groups is 1. The maximum atomic E-state index is 13.8. The average Bonchev–Trinajstić information content (AvgIpc) is 2.76. The van der Waals surface area contributed by atoms with E-state index in [1.54, 1.807) is 31.2 Å². The molecule has 10 heteroatoms. The maximum Gasteiger partial charge on any atom is 0.412 e. The van der Waals surface area contributed by atoms with E-state index in [0.717, 1.165) is 18.2 Å². The summed E-state index contributed by atoms with van der Waals surface area (Å²) in [7, 11) is 0. The molecule has 0 radical (unpaired) electrons. The van der Waals surface area contributed by atoms with E-state index in [1.165, 1.54) is 11.6 Å². The highest BCUT2D eigenvalue weighted by Crippen LogP contribution is 2.29. The third kappa shape index (κ3) is 7.36. The first-order valence-electron chi connectivity index (χ1n) is 9.22. The molecule has 0 unspecified atom stereocenters. The summed E-state index contributed by atoms with van der Waals surface area (Å²) in [4.78, 5) is 23.6. The molecule has 0 saturated heterocycles. The lowest BCUT2D eigenvalue weighted by molar-refractivity contribution is -0.124. The number of ether oxygens (including phenoxy) is 2. The Hall–Kier alpha value is -3.50. The Labute approximate surface area is 177 Å². The highest BCUT2D eigenvalue weighted by atomic mass is 19.1. The molecule has 0 aliphatic carbocycles. The fourth-order valence-corrected chi connectivity index (χ4v) is 2.62. The fourth-order valence-electron chi connectivity index (χ4n) is 2.62. The molecule has 0 spiro atoms. The van der Waals surface area contributed by atoms with E-state index in [1.807, 2.05) is 0 Å². The summed E-state index contributed by atoms with van der Waals surface area (Å²) < 4.78 is 37.6. The van der Waals surface area contributed by atoms with Crippen molar-refractivity contribution in [3.63, 3.8) is 0 Å². The Morgan fingerprint density at radius 1 is 1.16 bits per heavy atom. The molecule has 0 bridgehead atoms. The number of aliphatic hydroxyl groups excluding tert-OH is 1. The maximum absolute atomic E-state index is 13.8. The van der Waals surface area contributed by atoms with Crippen LogP contribution in [0.25, 0.3) is 0 Å². The molecule has 2 rings (SSSR count). The first kappa shape index (κ1) is 23.8. The molecule has 166 valence electrons. The normalized spacial score (nSPS) is 12.8. The zero-order valence-electron chi connectivity index (χ0n) is 16.5. The Morgan fingerprint density at radius 3 is 2.48 bits per heavy atom. The van der Waals surface area contributed by atoms with Crippen LogP contribution in [0, 0.1) is 17.6 Å². The van der Waals surface area contributed by atoms with Crippen LogP contribution in [0.3, 0.4) is 0 Å². The van der Waals surface area contributed by atoms with Gasteiger partial charge in [0, 0.05) is 18.1 Å². The number of aliphatic hydroxyl groups is 1. The number of amides is 2. The molecule has 0 saturated carbocycles. The lowest BCUT2D eigenvalue weighted by Crippen LogP contribution is -2.22. The molecular weight excluding hydrogens is 414 g/mol. The van der Waals surface area contributed by atoms with Gasteiger partial charge in [0.15, 0.2) is 0 Å². The van der Waals surface area contributed by atoms with Crippen molar-refractivity contribution in [2.75, 3.05) is 18.5 Å². The fraction of sp³-hybridized carbons (Fsp3) is 0.238. The van der Waals surface area contributed by atoms with Crippen LogP contribution in [0.15, 0.2) is 54.6 Å². The molecule has 2 atom stereocenters. The lowest BCUT2D eigenvalue weighted by Gasteiger charge is -2.23. The summed E-state index contributed by atoms with van der Waals surface area (Å²) >= 11 is 0. The Morgan fingerprint density at radius 2 is 1.87 bits per heavy atom. The van der Waals surface area contributed by atoms with E-state index in [4.69, 9.17) is 19.8 Å². The molecule has 2 aromatic carbocycles. The molecule has 31 heavy (non-hydrogen) atoms. The summed E-state index contributed by atoms with van der Waals surface area (Å²) in [6.07, 6.45) is 0.580. The van der Waals surface area contributed by atoms with Gasteiger partial charge in [-0.15, -0.1) is 0 Å². The largest absolute Gasteiger partial charge is 0.491 e. The number of nitrogens with one attached hydrogen (secondary N) is 2. The minimum absolute atomic E-state index is 0.111. The van der Waals surface area contributed by atoms with Crippen molar-refractivity contribution in [1.82, 2.24) is 5.48 Å². The molecule has 0 aliphatic heterocycles. The van der Waals surface area contributed by atoms with Crippen molar-refractivity contribution >= 4 is 17.7 Å². The van der Waals surface area contributed by atoms with Crippen molar-refractivity contribution in [2.24, 2.45) is 5.92 Å². The summed E-state index contributed by atoms with van der Waals surface area (Å²) in [6.45, 7) is 1.62. The van der Waals surface area contributed by atoms with Crippen molar-refractivity contribution in [3.05, 3.63) is 71.8 Å². The first-order chi connectivity index (χ1) is 14.8. The number of hydrogen-bond donors (Lipinski definition) is 4. The molecule has 0 fully saturated rings. The molecule has 0 heterocycles. The predicted molar refractivity (Wildman–Crippen MR) is 106 cm³/mol.